The minimum atomic E-state index is -0.511. The predicted octanol–water partition coefficient (Wildman–Crippen LogP) is 3.21. The number of imidazole rings is 1. The maximum Gasteiger partial charge on any atom is 0.186 e. The Kier molecular flexibility index (Phi) is 4.90. The molecule has 0 bridgehead atoms. The molecule has 0 unspecified atom stereocenters. The molecule has 0 amide bonds. The SMILES string of the molecule is CCCc1ccc(CCC2(Cn3ccnc3)OCCO2)cc1. The van der Waals surface area contributed by atoms with Crippen molar-refractivity contribution in [1.82, 2.24) is 9.55 Å². The van der Waals surface area contributed by atoms with Crippen molar-refractivity contribution in [2.24, 2.45) is 0 Å². The molecule has 1 aliphatic heterocycles. The molecule has 22 heavy (non-hydrogen) atoms. The van der Waals surface area contributed by atoms with E-state index in [1.807, 2.05) is 17.1 Å². The first kappa shape index (κ1) is 15.3. The molecule has 0 saturated carbocycles. The fraction of sp³-hybridized carbons (Fsp3) is 0.500. The third-order valence-electron chi connectivity index (χ3n) is 4.15. The number of nitrogens with zero attached hydrogens (tertiary/aromatic N) is 2. The predicted molar refractivity (Wildman–Crippen MR) is 85.6 cm³/mol. The highest BCUT2D eigenvalue weighted by Crippen LogP contribution is 2.27. The van der Waals surface area contributed by atoms with Crippen LogP contribution in [0, 0.1) is 0 Å². The molecule has 0 radical (unpaired) electrons. The van der Waals surface area contributed by atoms with Crippen LogP contribution in [0.5, 0.6) is 0 Å². The van der Waals surface area contributed by atoms with Crippen LogP contribution in [0.25, 0.3) is 0 Å². The molecule has 4 heteroatoms. The molecule has 118 valence electrons. The van der Waals surface area contributed by atoms with Gasteiger partial charge in [0, 0.05) is 18.8 Å². The molecule has 4 nitrogen and oxygen atoms in total. The van der Waals surface area contributed by atoms with Crippen LogP contribution in [0.15, 0.2) is 43.0 Å². The van der Waals surface area contributed by atoms with Crippen molar-refractivity contribution in [3.05, 3.63) is 54.1 Å². The summed E-state index contributed by atoms with van der Waals surface area (Å²) in [5, 5.41) is 0. The van der Waals surface area contributed by atoms with Gasteiger partial charge in [0.05, 0.1) is 26.1 Å². The Morgan fingerprint density at radius 2 is 1.77 bits per heavy atom. The van der Waals surface area contributed by atoms with E-state index in [4.69, 9.17) is 9.47 Å². The van der Waals surface area contributed by atoms with Gasteiger partial charge < -0.3 is 14.0 Å². The van der Waals surface area contributed by atoms with Crippen LogP contribution in [0.2, 0.25) is 0 Å². The van der Waals surface area contributed by atoms with Gasteiger partial charge in [-0.1, -0.05) is 37.6 Å². The van der Waals surface area contributed by atoms with Crippen LogP contribution >= 0.6 is 0 Å². The monoisotopic (exact) mass is 300 g/mol. The number of hydrogen-bond donors (Lipinski definition) is 0. The Balaban J connectivity index is 1.61. The summed E-state index contributed by atoms with van der Waals surface area (Å²) in [4.78, 5) is 4.09. The Morgan fingerprint density at radius 1 is 1.09 bits per heavy atom. The molecule has 0 spiro atoms. The van der Waals surface area contributed by atoms with Crippen molar-refractivity contribution in [2.75, 3.05) is 13.2 Å². The zero-order chi connectivity index (χ0) is 15.3. The molecular weight excluding hydrogens is 276 g/mol. The van der Waals surface area contributed by atoms with E-state index in [0.717, 1.165) is 19.3 Å². The molecule has 1 saturated heterocycles. The Morgan fingerprint density at radius 3 is 2.36 bits per heavy atom. The highest BCUT2D eigenvalue weighted by Gasteiger charge is 2.36. The van der Waals surface area contributed by atoms with E-state index in [1.54, 1.807) is 6.20 Å². The maximum absolute atomic E-state index is 5.93. The number of aryl methyl sites for hydroxylation is 2. The fourth-order valence-corrected chi connectivity index (χ4v) is 2.97. The fourth-order valence-electron chi connectivity index (χ4n) is 2.97. The smallest absolute Gasteiger partial charge is 0.186 e. The molecule has 2 heterocycles. The lowest BCUT2D eigenvalue weighted by atomic mass is 10.0. The lowest BCUT2D eigenvalue weighted by Gasteiger charge is -2.27. The Labute approximate surface area is 132 Å². The third-order valence-corrected chi connectivity index (χ3v) is 4.15. The van der Waals surface area contributed by atoms with E-state index in [0.29, 0.717) is 19.8 Å². The van der Waals surface area contributed by atoms with Crippen molar-refractivity contribution in [2.45, 2.75) is 44.9 Å². The van der Waals surface area contributed by atoms with E-state index < -0.39 is 5.79 Å². The average molecular weight is 300 g/mol. The third kappa shape index (κ3) is 3.76. The van der Waals surface area contributed by atoms with Gasteiger partial charge in [0.25, 0.3) is 0 Å². The van der Waals surface area contributed by atoms with E-state index in [2.05, 4.69) is 36.2 Å². The van der Waals surface area contributed by atoms with Gasteiger partial charge in [-0.3, -0.25) is 0 Å². The molecule has 3 rings (SSSR count). The summed E-state index contributed by atoms with van der Waals surface area (Å²) in [5.74, 6) is -0.511. The van der Waals surface area contributed by atoms with Crippen LogP contribution in [0.3, 0.4) is 0 Å². The van der Waals surface area contributed by atoms with E-state index in [1.165, 1.54) is 17.5 Å². The van der Waals surface area contributed by atoms with Crippen LogP contribution < -0.4 is 0 Å². The zero-order valence-electron chi connectivity index (χ0n) is 13.2. The second-order valence-electron chi connectivity index (χ2n) is 5.91. The summed E-state index contributed by atoms with van der Waals surface area (Å²) >= 11 is 0. The standard InChI is InChI=1S/C18H24N2O2/c1-2-3-16-4-6-17(7-5-16)8-9-18(21-12-13-22-18)14-20-11-10-19-15-20/h4-7,10-11,15H,2-3,8-9,12-14H2,1H3. The second kappa shape index (κ2) is 7.07. The van der Waals surface area contributed by atoms with Gasteiger partial charge in [-0.15, -0.1) is 0 Å². The Hall–Kier alpha value is -1.65. The minimum absolute atomic E-state index is 0.511. The van der Waals surface area contributed by atoms with Gasteiger partial charge >= 0.3 is 0 Å². The first-order valence-electron chi connectivity index (χ1n) is 8.11. The second-order valence-corrected chi connectivity index (χ2v) is 5.91. The van der Waals surface area contributed by atoms with Gasteiger partial charge in [-0.05, 0) is 24.0 Å². The van der Waals surface area contributed by atoms with Crippen LogP contribution in [0.4, 0.5) is 0 Å². The molecule has 0 atom stereocenters. The lowest BCUT2D eigenvalue weighted by molar-refractivity contribution is -0.171. The first-order chi connectivity index (χ1) is 10.8. The topological polar surface area (TPSA) is 36.3 Å². The minimum Gasteiger partial charge on any atom is -0.346 e. The van der Waals surface area contributed by atoms with Crippen molar-refractivity contribution in [3.63, 3.8) is 0 Å². The van der Waals surface area contributed by atoms with Crippen LogP contribution in [-0.2, 0) is 28.9 Å². The van der Waals surface area contributed by atoms with Gasteiger partial charge in [-0.25, -0.2) is 4.98 Å². The average Bonchev–Trinajstić information content (AvgIpc) is 3.20. The van der Waals surface area contributed by atoms with Gasteiger partial charge in [0.2, 0.25) is 0 Å². The number of benzene rings is 1. The lowest BCUT2D eigenvalue weighted by Crippen LogP contribution is -2.35. The van der Waals surface area contributed by atoms with Gasteiger partial charge in [-0.2, -0.15) is 0 Å². The number of aromatic nitrogens is 2. The number of rotatable bonds is 7. The molecule has 1 aromatic heterocycles. The highest BCUT2D eigenvalue weighted by molar-refractivity contribution is 5.22. The van der Waals surface area contributed by atoms with Crippen LogP contribution in [0.1, 0.15) is 30.9 Å². The van der Waals surface area contributed by atoms with Gasteiger partial charge in [0.15, 0.2) is 5.79 Å². The summed E-state index contributed by atoms with van der Waals surface area (Å²) in [6, 6.07) is 8.92. The molecular formula is C18H24N2O2. The van der Waals surface area contributed by atoms with Crippen molar-refractivity contribution in [1.29, 1.82) is 0 Å². The summed E-state index contributed by atoms with van der Waals surface area (Å²) in [7, 11) is 0. The van der Waals surface area contributed by atoms with E-state index in [9.17, 15) is 0 Å². The van der Waals surface area contributed by atoms with Crippen molar-refractivity contribution >= 4 is 0 Å². The largest absolute Gasteiger partial charge is 0.346 e. The maximum atomic E-state index is 5.93. The number of ether oxygens (including phenoxy) is 2. The molecule has 0 N–H and O–H groups in total. The van der Waals surface area contributed by atoms with Crippen molar-refractivity contribution in [3.8, 4) is 0 Å². The summed E-state index contributed by atoms with van der Waals surface area (Å²) in [6.45, 7) is 4.25. The van der Waals surface area contributed by atoms with E-state index in [-0.39, 0.29) is 0 Å². The molecule has 0 aliphatic carbocycles. The van der Waals surface area contributed by atoms with Crippen molar-refractivity contribution < 1.29 is 9.47 Å². The normalized spacial score (nSPS) is 17.0. The summed E-state index contributed by atoms with van der Waals surface area (Å²) in [6.07, 6.45) is 9.71. The zero-order valence-corrected chi connectivity index (χ0v) is 13.2. The molecule has 1 fully saturated rings. The highest BCUT2D eigenvalue weighted by atomic mass is 16.7. The summed E-state index contributed by atoms with van der Waals surface area (Å²) < 4.78 is 13.9. The number of hydrogen-bond acceptors (Lipinski definition) is 3. The molecule has 2 aromatic rings. The van der Waals surface area contributed by atoms with Crippen LogP contribution in [-0.4, -0.2) is 28.6 Å². The molecule has 1 aromatic carbocycles. The first-order valence-corrected chi connectivity index (χ1v) is 8.11. The molecule has 1 aliphatic rings. The Bertz CT molecular complexity index is 557. The summed E-state index contributed by atoms with van der Waals surface area (Å²) in [5.41, 5.74) is 2.75. The quantitative estimate of drug-likeness (QED) is 0.788. The van der Waals surface area contributed by atoms with Gasteiger partial charge in [0.1, 0.15) is 0 Å². The van der Waals surface area contributed by atoms with E-state index >= 15 is 0 Å².